The molecule has 4 heteroatoms. The van der Waals surface area contributed by atoms with E-state index in [9.17, 15) is 4.79 Å². The molecule has 3 aromatic rings. The van der Waals surface area contributed by atoms with E-state index >= 15 is 0 Å². The largest absolute Gasteiger partial charge is 0.448 e. The lowest BCUT2D eigenvalue weighted by Crippen LogP contribution is -2.50. The molecular formula is C12H10N3O+. The fourth-order valence-corrected chi connectivity index (χ4v) is 1.95. The van der Waals surface area contributed by atoms with Gasteiger partial charge in [-0.05, 0) is 24.3 Å². The van der Waals surface area contributed by atoms with Gasteiger partial charge in [-0.3, -0.25) is 0 Å². The molecule has 16 heavy (non-hydrogen) atoms. The van der Waals surface area contributed by atoms with E-state index in [2.05, 4.69) is 4.98 Å². The Morgan fingerprint density at radius 2 is 2.12 bits per heavy atom. The topological polar surface area (TPSA) is 38.2 Å². The Bertz CT molecular complexity index is 746. The van der Waals surface area contributed by atoms with Gasteiger partial charge in [-0.15, -0.1) is 4.98 Å². The lowest BCUT2D eigenvalue weighted by molar-refractivity contribution is -0.665. The van der Waals surface area contributed by atoms with Crippen LogP contribution in [0.1, 0.15) is 0 Å². The van der Waals surface area contributed by atoms with Crippen molar-refractivity contribution >= 4 is 16.6 Å². The van der Waals surface area contributed by atoms with Crippen LogP contribution in [0, 0.1) is 0 Å². The van der Waals surface area contributed by atoms with Crippen molar-refractivity contribution in [3.63, 3.8) is 0 Å². The van der Waals surface area contributed by atoms with Gasteiger partial charge in [0.1, 0.15) is 11.7 Å². The second-order valence-corrected chi connectivity index (χ2v) is 3.67. The average molecular weight is 212 g/mol. The minimum Gasteiger partial charge on any atom is -0.212 e. The molecule has 0 saturated heterocycles. The van der Waals surface area contributed by atoms with Crippen LogP contribution >= 0.6 is 0 Å². The average Bonchev–Trinajstić information content (AvgIpc) is 2.36. The smallest absolute Gasteiger partial charge is 0.212 e. The number of rotatable bonds is 0. The Labute approximate surface area is 91.4 Å². The number of pyridine rings is 2. The van der Waals surface area contributed by atoms with Crippen molar-refractivity contribution in [3.8, 4) is 0 Å². The summed E-state index contributed by atoms with van der Waals surface area (Å²) in [6, 6.07) is 9.53. The lowest BCUT2D eigenvalue weighted by atomic mass is 10.2. The summed E-state index contributed by atoms with van der Waals surface area (Å²) in [6.45, 7) is 0. The van der Waals surface area contributed by atoms with Gasteiger partial charge in [0.25, 0.3) is 5.65 Å². The SMILES string of the molecule is C[n+]1c(=O)n2ccccc2c2cccnc21. The fourth-order valence-electron chi connectivity index (χ4n) is 1.95. The molecule has 0 aromatic carbocycles. The fraction of sp³-hybridized carbons (Fsp3) is 0.0833. The molecule has 0 unspecified atom stereocenters. The molecule has 0 aliphatic carbocycles. The van der Waals surface area contributed by atoms with Gasteiger partial charge in [-0.1, -0.05) is 6.07 Å². The summed E-state index contributed by atoms with van der Waals surface area (Å²) in [4.78, 5) is 16.3. The maximum Gasteiger partial charge on any atom is 0.448 e. The molecule has 78 valence electrons. The highest BCUT2D eigenvalue weighted by molar-refractivity contribution is 5.88. The summed E-state index contributed by atoms with van der Waals surface area (Å²) in [7, 11) is 1.73. The minimum absolute atomic E-state index is 0.0817. The van der Waals surface area contributed by atoms with Crippen LogP contribution in [0.4, 0.5) is 0 Å². The zero-order chi connectivity index (χ0) is 11.1. The molecule has 0 atom stereocenters. The van der Waals surface area contributed by atoms with E-state index in [0.717, 1.165) is 10.9 Å². The van der Waals surface area contributed by atoms with Crippen molar-refractivity contribution in [2.45, 2.75) is 0 Å². The van der Waals surface area contributed by atoms with E-state index in [0.29, 0.717) is 5.65 Å². The predicted molar refractivity (Wildman–Crippen MR) is 60.1 cm³/mol. The summed E-state index contributed by atoms with van der Waals surface area (Å²) in [5, 5.41) is 0.977. The first-order valence-corrected chi connectivity index (χ1v) is 5.03. The molecule has 0 fully saturated rings. The van der Waals surface area contributed by atoms with Crippen LogP contribution in [0.3, 0.4) is 0 Å². The zero-order valence-corrected chi connectivity index (χ0v) is 8.79. The quantitative estimate of drug-likeness (QED) is 0.406. The van der Waals surface area contributed by atoms with Crippen LogP contribution in [-0.4, -0.2) is 9.38 Å². The summed E-state index contributed by atoms with van der Waals surface area (Å²) in [6.07, 6.45) is 3.46. The summed E-state index contributed by atoms with van der Waals surface area (Å²) < 4.78 is 3.19. The minimum atomic E-state index is -0.0817. The second-order valence-electron chi connectivity index (χ2n) is 3.67. The highest BCUT2D eigenvalue weighted by atomic mass is 16.1. The molecule has 4 nitrogen and oxygen atoms in total. The first-order chi connectivity index (χ1) is 7.79. The molecule has 0 N–H and O–H groups in total. The number of nitrogens with zero attached hydrogens (tertiary/aromatic N) is 3. The van der Waals surface area contributed by atoms with Crippen LogP contribution in [0.25, 0.3) is 16.6 Å². The van der Waals surface area contributed by atoms with Crippen molar-refractivity contribution in [1.82, 2.24) is 9.38 Å². The van der Waals surface area contributed by atoms with E-state index in [1.807, 2.05) is 30.3 Å². The normalized spacial score (nSPS) is 11.1. The molecule has 0 amide bonds. The van der Waals surface area contributed by atoms with Crippen LogP contribution in [0.15, 0.2) is 47.5 Å². The Kier molecular flexibility index (Phi) is 1.77. The van der Waals surface area contributed by atoms with Crippen LogP contribution in [-0.2, 0) is 7.05 Å². The molecule has 3 aromatic heterocycles. The van der Waals surface area contributed by atoms with Crippen LogP contribution in [0.2, 0.25) is 0 Å². The highest BCUT2D eigenvalue weighted by Gasteiger charge is 2.13. The zero-order valence-electron chi connectivity index (χ0n) is 8.79. The summed E-state index contributed by atoms with van der Waals surface area (Å²) >= 11 is 0. The van der Waals surface area contributed by atoms with Gasteiger partial charge in [-0.2, -0.15) is 8.97 Å². The monoisotopic (exact) mass is 212 g/mol. The van der Waals surface area contributed by atoms with E-state index in [1.165, 1.54) is 0 Å². The predicted octanol–water partition coefficient (Wildman–Crippen LogP) is 0.672. The number of aryl methyl sites for hydroxylation is 1. The van der Waals surface area contributed by atoms with Gasteiger partial charge < -0.3 is 0 Å². The molecule has 0 bridgehead atoms. The summed E-state index contributed by atoms with van der Waals surface area (Å²) in [5.74, 6) is 0. The van der Waals surface area contributed by atoms with E-state index in [4.69, 9.17) is 0 Å². The molecular weight excluding hydrogens is 202 g/mol. The van der Waals surface area contributed by atoms with Crippen LogP contribution in [0.5, 0.6) is 0 Å². The number of fused-ring (bicyclic) bond motifs is 3. The summed E-state index contributed by atoms with van der Waals surface area (Å²) in [5.41, 5.74) is 1.51. The maximum absolute atomic E-state index is 12.0. The third kappa shape index (κ3) is 1.07. The van der Waals surface area contributed by atoms with Crippen molar-refractivity contribution in [3.05, 3.63) is 53.2 Å². The molecule has 0 spiro atoms. The third-order valence-electron chi connectivity index (χ3n) is 2.73. The van der Waals surface area contributed by atoms with E-state index in [-0.39, 0.29) is 5.69 Å². The first kappa shape index (κ1) is 9.03. The van der Waals surface area contributed by atoms with Gasteiger partial charge in [0.2, 0.25) is 0 Å². The molecule has 0 aliphatic heterocycles. The standard InChI is InChI=1S/C12H10N3O/c1-14-11-9(5-4-7-13-11)10-6-2-3-8-15(10)12(14)16/h2-8H,1H3/q+1. The number of aromatic nitrogens is 3. The van der Waals surface area contributed by atoms with Crippen molar-refractivity contribution in [1.29, 1.82) is 0 Å². The number of hydrogen-bond donors (Lipinski definition) is 0. The van der Waals surface area contributed by atoms with Gasteiger partial charge in [-0.25, -0.2) is 4.79 Å². The van der Waals surface area contributed by atoms with Crippen LogP contribution < -0.4 is 10.3 Å². The van der Waals surface area contributed by atoms with Gasteiger partial charge in [0, 0.05) is 0 Å². The lowest BCUT2D eigenvalue weighted by Gasteiger charge is -2.01. The van der Waals surface area contributed by atoms with Crippen molar-refractivity contribution in [2.24, 2.45) is 7.05 Å². The molecule has 0 saturated carbocycles. The number of hydrogen-bond acceptors (Lipinski definition) is 2. The first-order valence-electron chi connectivity index (χ1n) is 5.03. The molecule has 0 aliphatic rings. The second kappa shape index (κ2) is 3.13. The van der Waals surface area contributed by atoms with Crippen molar-refractivity contribution in [2.75, 3.05) is 0 Å². The molecule has 3 rings (SSSR count). The highest BCUT2D eigenvalue weighted by Crippen LogP contribution is 2.11. The molecule has 0 radical (unpaired) electrons. The maximum atomic E-state index is 12.0. The molecule has 3 heterocycles. The Morgan fingerprint density at radius 1 is 1.25 bits per heavy atom. The van der Waals surface area contributed by atoms with E-state index < -0.39 is 0 Å². The van der Waals surface area contributed by atoms with Gasteiger partial charge in [0.15, 0.2) is 0 Å². The third-order valence-corrected chi connectivity index (χ3v) is 2.73. The Morgan fingerprint density at radius 3 is 3.00 bits per heavy atom. The van der Waals surface area contributed by atoms with Gasteiger partial charge in [0.05, 0.1) is 18.6 Å². The van der Waals surface area contributed by atoms with Gasteiger partial charge >= 0.3 is 5.69 Å². The van der Waals surface area contributed by atoms with Crippen molar-refractivity contribution < 1.29 is 4.57 Å². The Hall–Kier alpha value is -2.23. The van der Waals surface area contributed by atoms with E-state index in [1.54, 1.807) is 28.4 Å². The Balaban J connectivity index is 2.74.